The molecule has 0 unspecified atom stereocenters. The fraction of sp³-hybridized carbons (Fsp3) is 0.227. The molecule has 0 saturated carbocycles. The molecule has 0 aromatic heterocycles. The smallest absolute Gasteiger partial charge is 0.328 e. The van der Waals surface area contributed by atoms with Gasteiger partial charge in [0.2, 0.25) is 0 Å². The Bertz CT molecular complexity index is 970. The molecule has 7 nitrogen and oxygen atoms in total. The highest BCUT2D eigenvalue weighted by molar-refractivity contribution is 7.99. The summed E-state index contributed by atoms with van der Waals surface area (Å²) in [4.78, 5) is 22.3. The number of halogens is 1. The average Bonchev–Trinajstić information content (AvgIpc) is 2.69. The van der Waals surface area contributed by atoms with Crippen LogP contribution in [-0.2, 0) is 16.1 Å². The Hall–Kier alpha value is -2.99. The van der Waals surface area contributed by atoms with Crippen molar-refractivity contribution in [2.45, 2.75) is 18.4 Å². The van der Waals surface area contributed by atoms with E-state index in [0.717, 1.165) is 22.9 Å². The molecule has 9 heteroatoms. The van der Waals surface area contributed by atoms with Gasteiger partial charge in [-0.25, -0.2) is 9.59 Å². The van der Waals surface area contributed by atoms with Crippen molar-refractivity contribution in [3.8, 4) is 17.6 Å². The number of benzene rings is 2. The third-order valence-electron chi connectivity index (χ3n) is 3.49. The summed E-state index contributed by atoms with van der Waals surface area (Å²) in [5.74, 6) is -0.323. The van der Waals surface area contributed by atoms with Crippen LogP contribution in [-0.4, -0.2) is 46.9 Å². The third-order valence-corrected chi connectivity index (χ3v) is 4.76. The lowest BCUT2D eigenvalue weighted by molar-refractivity contribution is -0.134. The first-order chi connectivity index (χ1) is 14.7. The first-order valence-electron chi connectivity index (χ1n) is 9.08. The van der Waals surface area contributed by atoms with Gasteiger partial charge in [0.25, 0.3) is 0 Å². The Labute approximate surface area is 190 Å². The molecular formula is C22H23ClN2O5S. The third kappa shape index (κ3) is 9.57. The van der Waals surface area contributed by atoms with Gasteiger partial charge in [-0.2, -0.15) is 5.26 Å². The second-order valence-electron chi connectivity index (χ2n) is 6.28. The van der Waals surface area contributed by atoms with E-state index in [-0.39, 0.29) is 0 Å². The van der Waals surface area contributed by atoms with Crippen LogP contribution in [0.25, 0.3) is 0 Å². The Balaban J connectivity index is 0.000000512. The summed E-state index contributed by atoms with van der Waals surface area (Å²) in [7, 11) is 4.08. The Morgan fingerprint density at radius 3 is 2.32 bits per heavy atom. The van der Waals surface area contributed by atoms with Gasteiger partial charge in [-0.05, 0) is 43.6 Å². The van der Waals surface area contributed by atoms with Crippen LogP contribution >= 0.6 is 23.4 Å². The zero-order chi connectivity index (χ0) is 23.4. The first-order valence-corrected chi connectivity index (χ1v) is 10.4. The summed E-state index contributed by atoms with van der Waals surface area (Å²) < 4.78 is 6.04. The van der Waals surface area contributed by atoms with Crippen molar-refractivity contribution in [1.29, 1.82) is 5.26 Å². The lowest BCUT2D eigenvalue weighted by Gasteiger charge is -2.17. The summed E-state index contributed by atoms with van der Waals surface area (Å²) in [5, 5.41) is 25.4. The zero-order valence-electron chi connectivity index (χ0n) is 17.3. The molecule has 0 spiro atoms. The van der Waals surface area contributed by atoms with E-state index >= 15 is 0 Å². The molecule has 0 radical (unpaired) electrons. The van der Waals surface area contributed by atoms with E-state index in [0.29, 0.717) is 28.5 Å². The number of carboxylic acids is 2. The molecule has 0 saturated heterocycles. The van der Waals surface area contributed by atoms with Crippen LogP contribution < -0.4 is 4.74 Å². The molecule has 0 amide bonds. The number of nitriles is 1. The van der Waals surface area contributed by atoms with E-state index in [1.165, 1.54) is 5.56 Å². The van der Waals surface area contributed by atoms with Gasteiger partial charge in [0.1, 0.15) is 17.6 Å². The van der Waals surface area contributed by atoms with E-state index < -0.39 is 11.9 Å². The van der Waals surface area contributed by atoms with Gasteiger partial charge in [0, 0.05) is 29.8 Å². The van der Waals surface area contributed by atoms with Crippen LogP contribution in [0.4, 0.5) is 0 Å². The number of hydrogen-bond acceptors (Lipinski definition) is 6. The minimum absolute atomic E-state index is 0.472. The highest BCUT2D eigenvalue weighted by Gasteiger charge is 2.13. The summed E-state index contributed by atoms with van der Waals surface area (Å²) in [5.41, 5.74) is 1.68. The van der Waals surface area contributed by atoms with Crippen molar-refractivity contribution in [3.05, 3.63) is 64.7 Å². The number of nitrogens with zero attached hydrogens (tertiary/aromatic N) is 2. The predicted octanol–water partition coefficient (Wildman–Crippen LogP) is 4.89. The quantitative estimate of drug-likeness (QED) is 0.421. The fourth-order valence-electron chi connectivity index (χ4n) is 2.35. The molecule has 0 atom stereocenters. The van der Waals surface area contributed by atoms with Crippen LogP contribution in [0.5, 0.6) is 11.5 Å². The van der Waals surface area contributed by atoms with Crippen molar-refractivity contribution in [2.24, 2.45) is 0 Å². The van der Waals surface area contributed by atoms with Gasteiger partial charge in [-0.15, -0.1) is 11.8 Å². The molecule has 164 valence electrons. The van der Waals surface area contributed by atoms with E-state index in [1.807, 2.05) is 26.2 Å². The van der Waals surface area contributed by atoms with Crippen LogP contribution in [0.15, 0.2) is 53.4 Å². The van der Waals surface area contributed by atoms with Gasteiger partial charge in [0.15, 0.2) is 0 Å². The lowest BCUT2D eigenvalue weighted by atomic mass is 10.2. The van der Waals surface area contributed by atoms with Crippen molar-refractivity contribution >= 4 is 35.3 Å². The molecule has 31 heavy (non-hydrogen) atoms. The fourth-order valence-corrected chi connectivity index (χ4v) is 3.37. The molecule has 0 heterocycles. The molecule has 0 fully saturated rings. The maximum Gasteiger partial charge on any atom is 0.328 e. The van der Waals surface area contributed by atoms with E-state index in [2.05, 4.69) is 24.0 Å². The largest absolute Gasteiger partial charge is 0.478 e. The predicted molar refractivity (Wildman–Crippen MR) is 121 cm³/mol. The Kier molecular flexibility index (Phi) is 11.2. The Morgan fingerprint density at radius 1 is 1.16 bits per heavy atom. The normalized spacial score (nSPS) is 10.3. The number of ether oxygens (including phenoxy) is 1. The van der Waals surface area contributed by atoms with Gasteiger partial charge in [0.05, 0.1) is 10.5 Å². The average molecular weight is 463 g/mol. The minimum Gasteiger partial charge on any atom is -0.478 e. The van der Waals surface area contributed by atoms with E-state index in [1.54, 1.807) is 30.0 Å². The summed E-state index contributed by atoms with van der Waals surface area (Å²) >= 11 is 7.78. The van der Waals surface area contributed by atoms with Gasteiger partial charge >= 0.3 is 11.9 Å². The summed E-state index contributed by atoms with van der Waals surface area (Å²) in [6.45, 7) is 2.95. The van der Waals surface area contributed by atoms with Gasteiger partial charge < -0.3 is 19.8 Å². The maximum absolute atomic E-state index is 9.55. The first kappa shape index (κ1) is 26.0. The molecule has 0 aliphatic rings. The van der Waals surface area contributed by atoms with Crippen molar-refractivity contribution in [3.63, 3.8) is 0 Å². The van der Waals surface area contributed by atoms with Crippen LogP contribution in [0.3, 0.4) is 0 Å². The van der Waals surface area contributed by atoms with E-state index in [4.69, 9.17) is 26.6 Å². The van der Waals surface area contributed by atoms with Crippen molar-refractivity contribution < 1.29 is 24.5 Å². The lowest BCUT2D eigenvalue weighted by Crippen LogP contribution is -2.11. The molecular weight excluding hydrogens is 440 g/mol. The minimum atomic E-state index is -1.26. The number of rotatable bonds is 8. The van der Waals surface area contributed by atoms with Gasteiger partial charge in [-0.3, -0.25) is 0 Å². The molecule has 0 aliphatic heterocycles. The number of aliphatic carboxylic acids is 2. The molecule has 0 aliphatic carbocycles. The number of carbonyl (C=O) groups is 2. The number of thioether (sulfide) groups is 1. The highest BCUT2D eigenvalue weighted by Crippen LogP contribution is 2.37. The highest BCUT2D eigenvalue weighted by atomic mass is 35.5. The number of hydrogen-bond donors (Lipinski definition) is 2. The standard InChI is InChI=1S/C18H19ClN2OS.C4H4O4/c1-4-23-18-14(12-21(2)3)6-5-7-16(18)22-17-10-15(19)9-8-13(17)11-20;5-3(6)1-2-4(7)8/h5-10H,4,12H2,1-3H3;1-2H,(H,5,6)(H,7,8)/b;2-1+. The van der Waals surface area contributed by atoms with Gasteiger partial charge in [-0.1, -0.05) is 30.7 Å². The maximum atomic E-state index is 9.55. The second kappa shape index (κ2) is 13.3. The Morgan fingerprint density at radius 2 is 1.81 bits per heavy atom. The van der Waals surface area contributed by atoms with E-state index in [9.17, 15) is 14.9 Å². The van der Waals surface area contributed by atoms with Crippen LogP contribution in [0, 0.1) is 11.3 Å². The molecule has 2 aromatic carbocycles. The van der Waals surface area contributed by atoms with Crippen molar-refractivity contribution in [1.82, 2.24) is 4.90 Å². The second-order valence-corrected chi connectivity index (χ2v) is 7.99. The zero-order valence-corrected chi connectivity index (χ0v) is 18.9. The SMILES string of the molecule is CCSc1c(CN(C)C)cccc1Oc1cc(Cl)ccc1C#N.O=C(O)/C=C/C(=O)O. The molecule has 2 rings (SSSR count). The topological polar surface area (TPSA) is 111 Å². The molecule has 2 aromatic rings. The summed E-state index contributed by atoms with van der Waals surface area (Å²) in [6.07, 6.45) is 1.12. The molecule has 2 N–H and O–H groups in total. The molecule has 0 bridgehead atoms. The monoisotopic (exact) mass is 462 g/mol. The number of carboxylic acid groups (broad SMARTS) is 2. The van der Waals surface area contributed by atoms with Crippen LogP contribution in [0.2, 0.25) is 5.02 Å². The van der Waals surface area contributed by atoms with Crippen LogP contribution in [0.1, 0.15) is 18.1 Å². The van der Waals surface area contributed by atoms with Crippen molar-refractivity contribution in [2.75, 3.05) is 19.8 Å². The summed E-state index contributed by atoms with van der Waals surface area (Å²) in [6, 6.07) is 13.2.